The molecule has 0 amide bonds. The number of fused-ring (bicyclic) bond motifs is 2. The van der Waals surface area contributed by atoms with Gasteiger partial charge in [-0.15, -0.1) is 0 Å². The maximum Gasteiger partial charge on any atom is 0.341 e. The van der Waals surface area contributed by atoms with Gasteiger partial charge in [-0.05, 0) is 40.5 Å². The monoisotopic (exact) mass is 331 g/mol. The smallest absolute Gasteiger partial charge is 0.341 e. The summed E-state index contributed by atoms with van der Waals surface area (Å²) in [7, 11) is 0. The van der Waals surface area contributed by atoms with Gasteiger partial charge in [-0.2, -0.15) is 0 Å². The van der Waals surface area contributed by atoms with Crippen molar-refractivity contribution in [3.8, 4) is 5.75 Å². The summed E-state index contributed by atoms with van der Waals surface area (Å²) in [6.07, 6.45) is 2.71. The summed E-state index contributed by atoms with van der Waals surface area (Å²) in [6.45, 7) is -0.348. The van der Waals surface area contributed by atoms with Gasteiger partial charge in [0.25, 0.3) is 0 Å². The molecule has 0 bridgehead atoms. The van der Waals surface area contributed by atoms with E-state index in [1.54, 1.807) is 0 Å². The molecule has 2 N–H and O–H groups in total. The van der Waals surface area contributed by atoms with Crippen LogP contribution >= 0.6 is 0 Å². The predicted molar refractivity (Wildman–Crippen MR) is 98.2 cm³/mol. The molecule has 0 fully saturated rings. The van der Waals surface area contributed by atoms with Crippen LogP contribution in [0, 0.1) is 0 Å². The minimum atomic E-state index is -0.983. The summed E-state index contributed by atoms with van der Waals surface area (Å²) < 4.78 is 5.47. The number of aromatic nitrogens is 1. The molecule has 4 aromatic rings. The van der Waals surface area contributed by atoms with Crippen LogP contribution in [0.3, 0.4) is 0 Å². The van der Waals surface area contributed by atoms with E-state index in [0.29, 0.717) is 5.75 Å². The second-order valence-electron chi connectivity index (χ2n) is 6.03. The number of aromatic amines is 1. The highest BCUT2D eigenvalue weighted by molar-refractivity contribution is 5.90. The molecule has 0 radical (unpaired) electrons. The van der Waals surface area contributed by atoms with E-state index in [4.69, 9.17) is 9.84 Å². The molecule has 0 atom stereocenters. The number of hydrogen-bond acceptors (Lipinski definition) is 2. The molecule has 0 aliphatic rings. The van der Waals surface area contributed by atoms with Crippen molar-refractivity contribution in [1.82, 2.24) is 4.98 Å². The zero-order valence-electron chi connectivity index (χ0n) is 13.5. The van der Waals surface area contributed by atoms with Crippen LogP contribution in [0.1, 0.15) is 11.1 Å². The van der Waals surface area contributed by atoms with Crippen LogP contribution < -0.4 is 4.74 Å². The lowest BCUT2D eigenvalue weighted by Crippen LogP contribution is -2.09. The van der Waals surface area contributed by atoms with Crippen LogP contribution in [0.5, 0.6) is 5.75 Å². The molecular weight excluding hydrogens is 314 g/mol. The van der Waals surface area contributed by atoms with Crippen molar-refractivity contribution >= 4 is 27.6 Å². The Kier molecular flexibility index (Phi) is 3.86. The molecule has 0 spiro atoms. The lowest BCUT2D eigenvalue weighted by Gasteiger charge is -2.08. The van der Waals surface area contributed by atoms with E-state index in [0.717, 1.165) is 22.9 Å². The van der Waals surface area contributed by atoms with Crippen molar-refractivity contribution in [2.45, 2.75) is 6.42 Å². The van der Waals surface area contributed by atoms with Crippen LogP contribution in [0.2, 0.25) is 0 Å². The van der Waals surface area contributed by atoms with E-state index < -0.39 is 5.97 Å². The highest BCUT2D eigenvalue weighted by Crippen LogP contribution is 2.30. The van der Waals surface area contributed by atoms with Crippen LogP contribution in [-0.4, -0.2) is 22.7 Å². The Bertz CT molecular complexity index is 1070. The molecular formula is C21H17NO3. The zero-order chi connectivity index (χ0) is 17.2. The molecule has 4 rings (SSSR count). The molecule has 3 aromatic carbocycles. The second kappa shape index (κ2) is 6.32. The summed E-state index contributed by atoms with van der Waals surface area (Å²) in [5.74, 6) is -0.388. The average molecular weight is 331 g/mol. The van der Waals surface area contributed by atoms with Gasteiger partial charge in [0.05, 0.1) is 0 Å². The van der Waals surface area contributed by atoms with Gasteiger partial charge in [0, 0.05) is 17.1 Å². The number of benzene rings is 3. The summed E-state index contributed by atoms with van der Waals surface area (Å²) in [5, 5.41) is 12.2. The van der Waals surface area contributed by atoms with Crippen molar-refractivity contribution in [1.29, 1.82) is 0 Å². The summed E-state index contributed by atoms with van der Waals surface area (Å²) >= 11 is 0. The largest absolute Gasteiger partial charge is 0.481 e. The van der Waals surface area contributed by atoms with Crippen molar-refractivity contribution < 1.29 is 14.6 Å². The number of carboxylic acid groups (broad SMARTS) is 1. The first-order chi connectivity index (χ1) is 12.2. The van der Waals surface area contributed by atoms with Crippen LogP contribution in [-0.2, 0) is 11.2 Å². The van der Waals surface area contributed by atoms with Crippen molar-refractivity contribution in [2.75, 3.05) is 6.61 Å². The fourth-order valence-corrected chi connectivity index (χ4v) is 3.19. The van der Waals surface area contributed by atoms with E-state index in [9.17, 15) is 4.79 Å². The maximum atomic E-state index is 10.8. The van der Waals surface area contributed by atoms with Crippen molar-refractivity contribution in [3.63, 3.8) is 0 Å². The van der Waals surface area contributed by atoms with E-state index in [2.05, 4.69) is 35.3 Å². The summed E-state index contributed by atoms with van der Waals surface area (Å²) in [4.78, 5) is 14.1. The zero-order valence-corrected chi connectivity index (χ0v) is 13.5. The lowest BCUT2D eigenvalue weighted by atomic mass is 10.0. The van der Waals surface area contributed by atoms with Gasteiger partial charge < -0.3 is 14.8 Å². The highest BCUT2D eigenvalue weighted by atomic mass is 16.5. The second-order valence-corrected chi connectivity index (χ2v) is 6.03. The van der Waals surface area contributed by atoms with Gasteiger partial charge >= 0.3 is 5.97 Å². The van der Waals surface area contributed by atoms with Gasteiger partial charge in [0.15, 0.2) is 6.61 Å². The standard InChI is InChI=1S/C21H17NO3/c23-20(24)13-25-19-7-3-6-18-21(19)17(12-22-18)11-14-8-9-15-4-1-2-5-16(15)10-14/h1-10,12,22H,11,13H2,(H,23,24). The van der Waals surface area contributed by atoms with Crippen LogP contribution in [0.25, 0.3) is 21.7 Å². The minimum Gasteiger partial charge on any atom is -0.481 e. The fourth-order valence-electron chi connectivity index (χ4n) is 3.19. The summed E-state index contributed by atoms with van der Waals surface area (Å²) in [5.41, 5.74) is 3.23. The Morgan fingerprint density at radius 1 is 1.00 bits per heavy atom. The van der Waals surface area contributed by atoms with Gasteiger partial charge in [-0.1, -0.05) is 48.5 Å². The highest BCUT2D eigenvalue weighted by Gasteiger charge is 2.11. The molecule has 124 valence electrons. The number of carbonyl (C=O) groups is 1. The van der Waals surface area contributed by atoms with E-state index in [1.807, 2.05) is 36.5 Å². The van der Waals surface area contributed by atoms with Gasteiger partial charge in [-0.25, -0.2) is 4.79 Å². The van der Waals surface area contributed by atoms with Crippen LogP contribution in [0.4, 0.5) is 0 Å². The molecule has 0 saturated carbocycles. The van der Waals surface area contributed by atoms with Crippen LogP contribution in [0.15, 0.2) is 66.9 Å². The third-order valence-corrected chi connectivity index (χ3v) is 4.31. The predicted octanol–water partition coefficient (Wildman–Crippen LogP) is 4.38. The fraction of sp³-hybridized carbons (Fsp3) is 0.0952. The van der Waals surface area contributed by atoms with Crippen molar-refractivity contribution in [3.05, 3.63) is 78.0 Å². The molecule has 1 aromatic heterocycles. The normalized spacial score (nSPS) is 11.0. The molecule has 4 heteroatoms. The first-order valence-corrected chi connectivity index (χ1v) is 8.12. The molecule has 25 heavy (non-hydrogen) atoms. The molecule has 0 aliphatic heterocycles. The van der Waals surface area contributed by atoms with Gasteiger partial charge in [0.1, 0.15) is 5.75 Å². The van der Waals surface area contributed by atoms with E-state index >= 15 is 0 Å². The molecule has 1 heterocycles. The lowest BCUT2D eigenvalue weighted by molar-refractivity contribution is -0.139. The van der Waals surface area contributed by atoms with Crippen molar-refractivity contribution in [2.24, 2.45) is 0 Å². The minimum absolute atomic E-state index is 0.348. The Balaban J connectivity index is 1.71. The van der Waals surface area contributed by atoms with Gasteiger partial charge in [-0.3, -0.25) is 0 Å². The average Bonchev–Trinajstić information content (AvgIpc) is 3.03. The first kappa shape index (κ1) is 15.3. The SMILES string of the molecule is O=C(O)COc1cccc2[nH]cc(Cc3ccc4ccccc4c3)c12. The Morgan fingerprint density at radius 2 is 1.84 bits per heavy atom. The van der Waals surface area contributed by atoms with E-state index in [1.165, 1.54) is 16.3 Å². The summed E-state index contributed by atoms with van der Waals surface area (Å²) in [6, 6.07) is 20.4. The Morgan fingerprint density at radius 3 is 2.68 bits per heavy atom. The number of hydrogen-bond donors (Lipinski definition) is 2. The molecule has 0 aliphatic carbocycles. The number of nitrogens with one attached hydrogen (secondary N) is 1. The first-order valence-electron chi connectivity index (χ1n) is 8.12. The Hall–Kier alpha value is -3.27. The molecule has 4 nitrogen and oxygen atoms in total. The number of aliphatic carboxylic acids is 1. The molecule has 0 saturated heterocycles. The Labute approximate surface area is 144 Å². The third kappa shape index (κ3) is 3.06. The number of carboxylic acids is 1. The number of rotatable bonds is 5. The molecule has 0 unspecified atom stereocenters. The number of H-pyrrole nitrogens is 1. The topological polar surface area (TPSA) is 62.3 Å². The quantitative estimate of drug-likeness (QED) is 0.570. The third-order valence-electron chi connectivity index (χ3n) is 4.31. The number of ether oxygens (including phenoxy) is 1. The maximum absolute atomic E-state index is 10.8. The van der Waals surface area contributed by atoms with Gasteiger partial charge in [0.2, 0.25) is 0 Å². The van der Waals surface area contributed by atoms with E-state index in [-0.39, 0.29) is 6.61 Å².